The number of hydrogen-bond acceptors (Lipinski definition) is 2. The van der Waals surface area contributed by atoms with Crippen molar-refractivity contribution in [2.45, 2.75) is 0 Å². The smallest absolute Gasteiger partial charge is 0.336 e. The number of hydrogen-bond donors (Lipinski definition) is 2. The highest BCUT2D eigenvalue weighted by atomic mass is 16.4. The van der Waals surface area contributed by atoms with Crippen LogP contribution < -0.4 is 5.73 Å². The largest absolute Gasteiger partial charge is 0.478 e. The zero-order valence-corrected chi connectivity index (χ0v) is 9.46. The number of aliphatic carboxylic acids is 1. The van der Waals surface area contributed by atoms with Gasteiger partial charge < -0.3 is 10.8 Å². The van der Waals surface area contributed by atoms with Crippen molar-refractivity contribution in [1.29, 1.82) is 0 Å². The third-order valence-corrected chi connectivity index (χ3v) is 2.60. The summed E-state index contributed by atoms with van der Waals surface area (Å²) < 4.78 is 0. The predicted octanol–water partition coefficient (Wildman–Crippen LogP) is 1.79. The van der Waals surface area contributed by atoms with E-state index in [-0.39, 0.29) is 5.57 Å². The van der Waals surface area contributed by atoms with Crippen LogP contribution in [0, 0.1) is 0 Å². The molecule has 0 aromatic heterocycles. The van der Waals surface area contributed by atoms with Crippen molar-refractivity contribution >= 4 is 28.2 Å². The number of primary amides is 1. The van der Waals surface area contributed by atoms with E-state index >= 15 is 0 Å². The van der Waals surface area contributed by atoms with Crippen molar-refractivity contribution in [2.24, 2.45) is 5.73 Å². The Kier molecular flexibility index (Phi) is 3.10. The molecule has 2 aromatic rings. The summed E-state index contributed by atoms with van der Waals surface area (Å²) in [5, 5.41) is 10.8. The van der Waals surface area contributed by atoms with E-state index in [9.17, 15) is 9.59 Å². The Labute approximate surface area is 103 Å². The second kappa shape index (κ2) is 4.71. The lowest BCUT2D eigenvalue weighted by atomic mass is 9.98. The number of rotatable bonds is 3. The molecule has 90 valence electrons. The number of benzene rings is 2. The van der Waals surface area contributed by atoms with Crippen molar-refractivity contribution in [3.63, 3.8) is 0 Å². The second-order valence-corrected chi connectivity index (χ2v) is 3.79. The van der Waals surface area contributed by atoms with Crippen LogP contribution in [0.1, 0.15) is 5.56 Å². The van der Waals surface area contributed by atoms with Crippen molar-refractivity contribution < 1.29 is 14.7 Å². The zero-order chi connectivity index (χ0) is 13.1. The van der Waals surface area contributed by atoms with Gasteiger partial charge in [-0.3, -0.25) is 4.79 Å². The minimum Gasteiger partial charge on any atom is -0.478 e. The molecule has 2 rings (SSSR count). The molecule has 0 radical (unpaired) electrons. The lowest BCUT2D eigenvalue weighted by Crippen LogP contribution is -2.10. The molecule has 0 heterocycles. The van der Waals surface area contributed by atoms with Crippen LogP contribution in [0.3, 0.4) is 0 Å². The Morgan fingerprint density at radius 2 is 1.72 bits per heavy atom. The summed E-state index contributed by atoms with van der Waals surface area (Å²) in [5.41, 5.74) is 5.42. The minimum atomic E-state index is -1.18. The number of carboxylic acid groups (broad SMARTS) is 1. The summed E-state index contributed by atoms with van der Waals surface area (Å²) in [5.74, 6) is -1.95. The van der Waals surface area contributed by atoms with Gasteiger partial charge >= 0.3 is 5.97 Å². The molecule has 4 nitrogen and oxygen atoms in total. The molecule has 0 unspecified atom stereocenters. The van der Waals surface area contributed by atoms with Gasteiger partial charge in [0.1, 0.15) is 0 Å². The van der Waals surface area contributed by atoms with Crippen LogP contribution in [0.2, 0.25) is 0 Å². The fourth-order valence-electron chi connectivity index (χ4n) is 1.86. The Bertz CT molecular complexity index is 654. The number of carbonyl (C=O) groups is 2. The first kappa shape index (κ1) is 11.9. The fraction of sp³-hybridized carbons (Fsp3) is 0. The topological polar surface area (TPSA) is 80.4 Å². The molecule has 0 aliphatic rings. The van der Waals surface area contributed by atoms with Crippen molar-refractivity contribution in [3.8, 4) is 0 Å². The van der Waals surface area contributed by atoms with Gasteiger partial charge in [0.05, 0.1) is 5.57 Å². The maximum Gasteiger partial charge on any atom is 0.336 e. The van der Waals surface area contributed by atoms with E-state index in [1.165, 1.54) is 0 Å². The van der Waals surface area contributed by atoms with Gasteiger partial charge in [0.2, 0.25) is 5.91 Å². The Morgan fingerprint density at radius 3 is 2.39 bits per heavy atom. The average molecular weight is 241 g/mol. The van der Waals surface area contributed by atoms with Crippen molar-refractivity contribution in [3.05, 3.63) is 54.1 Å². The summed E-state index contributed by atoms with van der Waals surface area (Å²) in [6, 6.07) is 12.6. The van der Waals surface area contributed by atoms with E-state index in [1.54, 1.807) is 12.1 Å². The van der Waals surface area contributed by atoms with Gasteiger partial charge in [0.25, 0.3) is 0 Å². The Hall–Kier alpha value is -2.62. The fourth-order valence-corrected chi connectivity index (χ4v) is 1.86. The van der Waals surface area contributed by atoms with E-state index in [4.69, 9.17) is 10.8 Å². The van der Waals surface area contributed by atoms with Crippen molar-refractivity contribution in [1.82, 2.24) is 0 Å². The Balaban J connectivity index is 2.73. The molecule has 4 heteroatoms. The molecule has 0 atom stereocenters. The second-order valence-electron chi connectivity index (χ2n) is 3.79. The van der Waals surface area contributed by atoms with Crippen LogP contribution in [-0.4, -0.2) is 17.0 Å². The molecular formula is C14H11NO3. The molecule has 1 amide bonds. The number of nitrogens with two attached hydrogens (primary N) is 1. The molecule has 0 aliphatic heterocycles. The maximum absolute atomic E-state index is 11.2. The molecule has 0 saturated heterocycles. The van der Waals surface area contributed by atoms with Crippen LogP contribution in [-0.2, 0) is 9.59 Å². The first-order valence-corrected chi connectivity index (χ1v) is 5.32. The molecule has 0 aliphatic carbocycles. The van der Waals surface area contributed by atoms with Crippen LogP contribution in [0.5, 0.6) is 0 Å². The van der Waals surface area contributed by atoms with Gasteiger partial charge in [-0.15, -0.1) is 0 Å². The quantitative estimate of drug-likeness (QED) is 0.804. The lowest BCUT2D eigenvalue weighted by molar-refractivity contribution is -0.130. The highest BCUT2D eigenvalue weighted by Gasteiger charge is 2.14. The first-order valence-electron chi connectivity index (χ1n) is 5.32. The molecule has 0 spiro atoms. The Morgan fingerprint density at radius 1 is 1.06 bits per heavy atom. The van der Waals surface area contributed by atoms with Crippen molar-refractivity contribution in [2.75, 3.05) is 0 Å². The SMILES string of the molecule is NC(=O)/C=C(\C(=O)O)c1cccc2ccccc12. The monoisotopic (exact) mass is 241 g/mol. The van der Waals surface area contributed by atoms with Crippen LogP contribution in [0.15, 0.2) is 48.5 Å². The molecule has 18 heavy (non-hydrogen) atoms. The number of amides is 1. The normalized spacial score (nSPS) is 11.4. The van der Waals surface area contributed by atoms with Gasteiger partial charge in [-0.2, -0.15) is 0 Å². The van der Waals surface area contributed by atoms with Gasteiger partial charge in [0.15, 0.2) is 0 Å². The average Bonchev–Trinajstić information content (AvgIpc) is 2.35. The summed E-state index contributed by atoms with van der Waals surface area (Å²) in [6.07, 6.45) is 0.935. The van der Waals surface area contributed by atoms with E-state index in [2.05, 4.69) is 0 Å². The molecule has 2 aromatic carbocycles. The summed E-state index contributed by atoms with van der Waals surface area (Å²) >= 11 is 0. The molecular weight excluding hydrogens is 230 g/mol. The van der Waals surface area contributed by atoms with E-state index in [0.29, 0.717) is 5.56 Å². The maximum atomic E-state index is 11.2. The van der Waals surface area contributed by atoms with Gasteiger partial charge in [0, 0.05) is 6.08 Å². The van der Waals surface area contributed by atoms with E-state index in [0.717, 1.165) is 16.8 Å². The summed E-state index contributed by atoms with van der Waals surface area (Å²) in [7, 11) is 0. The predicted molar refractivity (Wildman–Crippen MR) is 68.8 cm³/mol. The van der Waals surface area contributed by atoms with Crippen LogP contribution in [0.25, 0.3) is 16.3 Å². The van der Waals surface area contributed by atoms with E-state index in [1.807, 2.05) is 30.3 Å². The zero-order valence-electron chi connectivity index (χ0n) is 9.46. The highest BCUT2D eigenvalue weighted by molar-refractivity contribution is 6.23. The standard InChI is InChI=1S/C14H11NO3/c15-13(16)8-12(14(17)18)11-7-3-5-9-4-1-2-6-10(9)11/h1-8H,(H2,15,16)(H,17,18)/b12-8-. The third-order valence-electron chi connectivity index (χ3n) is 2.60. The minimum absolute atomic E-state index is 0.0979. The summed E-state index contributed by atoms with van der Waals surface area (Å²) in [4.78, 5) is 22.1. The molecule has 0 fully saturated rings. The van der Waals surface area contributed by atoms with Gasteiger partial charge in [-0.05, 0) is 16.3 Å². The van der Waals surface area contributed by atoms with Crippen LogP contribution in [0.4, 0.5) is 0 Å². The van der Waals surface area contributed by atoms with Crippen LogP contribution >= 0.6 is 0 Å². The van der Waals surface area contributed by atoms with E-state index < -0.39 is 11.9 Å². The lowest BCUT2D eigenvalue weighted by Gasteiger charge is -2.06. The van der Waals surface area contributed by atoms with Gasteiger partial charge in [-0.25, -0.2) is 4.79 Å². The molecule has 0 bridgehead atoms. The number of carboxylic acids is 1. The summed E-state index contributed by atoms with van der Waals surface area (Å²) in [6.45, 7) is 0. The molecule has 3 N–H and O–H groups in total. The number of carbonyl (C=O) groups excluding carboxylic acids is 1. The highest BCUT2D eigenvalue weighted by Crippen LogP contribution is 2.25. The molecule has 0 saturated carbocycles. The number of fused-ring (bicyclic) bond motifs is 1. The third kappa shape index (κ3) is 2.22. The van der Waals surface area contributed by atoms with Gasteiger partial charge in [-0.1, -0.05) is 42.5 Å². The first-order chi connectivity index (χ1) is 8.59.